The van der Waals surface area contributed by atoms with E-state index in [1.165, 1.54) is 0 Å². The number of hydrogen-bond acceptors (Lipinski definition) is 3. The number of aliphatic hydroxyl groups excluding tert-OH is 1. The minimum atomic E-state index is -0.00223. The Morgan fingerprint density at radius 3 is 2.69 bits per heavy atom. The molecule has 16 heavy (non-hydrogen) atoms. The Hall–Kier alpha value is -0.120. The summed E-state index contributed by atoms with van der Waals surface area (Å²) in [5.74, 6) is 0. The third-order valence-corrected chi connectivity index (χ3v) is 3.75. The van der Waals surface area contributed by atoms with Crippen LogP contribution in [0.5, 0.6) is 0 Å². The molecule has 2 unspecified atom stereocenters. The molecule has 96 valence electrons. The average Bonchev–Trinajstić information content (AvgIpc) is 2.25. The van der Waals surface area contributed by atoms with Gasteiger partial charge in [0, 0.05) is 31.2 Å². The zero-order chi connectivity index (χ0) is 12.2. The largest absolute Gasteiger partial charge is 0.396 e. The van der Waals surface area contributed by atoms with Gasteiger partial charge < -0.3 is 15.2 Å². The first-order valence-electron chi connectivity index (χ1n) is 6.39. The van der Waals surface area contributed by atoms with Crippen LogP contribution < -0.4 is 5.32 Å². The van der Waals surface area contributed by atoms with Gasteiger partial charge in [-0.2, -0.15) is 0 Å². The van der Waals surface area contributed by atoms with Crippen molar-refractivity contribution in [3.8, 4) is 0 Å². The maximum Gasteiger partial charge on any atom is 0.0641 e. The van der Waals surface area contributed by atoms with E-state index in [9.17, 15) is 5.11 Å². The molecule has 0 radical (unpaired) electrons. The molecule has 3 nitrogen and oxygen atoms in total. The van der Waals surface area contributed by atoms with Crippen LogP contribution in [0.25, 0.3) is 0 Å². The Labute approximate surface area is 99.6 Å². The number of nitrogens with one attached hydrogen (secondary N) is 1. The summed E-state index contributed by atoms with van der Waals surface area (Å²) < 4.78 is 5.69. The van der Waals surface area contributed by atoms with E-state index in [-0.39, 0.29) is 17.6 Å². The van der Waals surface area contributed by atoms with Gasteiger partial charge >= 0.3 is 0 Å². The average molecular weight is 229 g/mol. The maximum absolute atomic E-state index is 9.35. The molecule has 1 saturated heterocycles. The molecule has 0 aliphatic carbocycles. The van der Waals surface area contributed by atoms with Crippen LogP contribution >= 0.6 is 0 Å². The Balaban J connectivity index is 2.37. The van der Waals surface area contributed by atoms with Crippen molar-refractivity contribution >= 4 is 0 Å². The van der Waals surface area contributed by atoms with Crippen LogP contribution in [-0.4, -0.2) is 36.5 Å². The summed E-state index contributed by atoms with van der Waals surface area (Å²) in [6.45, 7) is 10.5. The smallest absolute Gasteiger partial charge is 0.0641 e. The van der Waals surface area contributed by atoms with Gasteiger partial charge in [0.15, 0.2) is 0 Å². The topological polar surface area (TPSA) is 41.5 Å². The predicted octanol–water partition coefficient (Wildman–Crippen LogP) is 1.94. The van der Waals surface area contributed by atoms with Gasteiger partial charge in [0.25, 0.3) is 0 Å². The summed E-state index contributed by atoms with van der Waals surface area (Å²) in [5.41, 5.74) is 0.0141. The fraction of sp³-hybridized carbons (Fsp3) is 1.00. The number of aliphatic hydroxyl groups is 1. The molecule has 1 heterocycles. The lowest BCUT2D eigenvalue weighted by atomic mass is 9.87. The summed E-state index contributed by atoms with van der Waals surface area (Å²) in [6.07, 6.45) is 3.13. The highest BCUT2D eigenvalue weighted by Crippen LogP contribution is 2.25. The molecule has 0 aromatic heterocycles. The molecular weight excluding hydrogens is 202 g/mol. The van der Waals surface area contributed by atoms with Gasteiger partial charge in [-0.25, -0.2) is 0 Å². The van der Waals surface area contributed by atoms with E-state index in [1.807, 2.05) is 0 Å². The quantitative estimate of drug-likeness (QED) is 0.757. The SMILES string of the molecule is CCC(C)(CO)CNC1CCOC(C)(C)C1. The standard InChI is InChI=1S/C13H27NO2/c1-5-13(4,10-15)9-14-11-6-7-16-12(2,3)8-11/h11,14-15H,5-10H2,1-4H3. The van der Waals surface area contributed by atoms with Crippen molar-refractivity contribution in [2.75, 3.05) is 19.8 Å². The summed E-state index contributed by atoms with van der Waals surface area (Å²) in [4.78, 5) is 0. The van der Waals surface area contributed by atoms with Crippen LogP contribution in [0.1, 0.15) is 47.0 Å². The normalized spacial score (nSPS) is 28.7. The number of rotatable bonds is 5. The summed E-state index contributed by atoms with van der Waals surface area (Å²) in [6, 6.07) is 0.529. The van der Waals surface area contributed by atoms with E-state index in [2.05, 4.69) is 33.0 Å². The molecule has 0 saturated carbocycles. The molecule has 3 heteroatoms. The first-order chi connectivity index (χ1) is 7.41. The van der Waals surface area contributed by atoms with Gasteiger partial charge in [-0.3, -0.25) is 0 Å². The minimum absolute atomic E-state index is 0.00223. The van der Waals surface area contributed by atoms with E-state index in [4.69, 9.17) is 4.74 Å². The molecule has 0 bridgehead atoms. The van der Waals surface area contributed by atoms with Crippen LogP contribution in [0.3, 0.4) is 0 Å². The van der Waals surface area contributed by atoms with E-state index in [0.29, 0.717) is 6.04 Å². The van der Waals surface area contributed by atoms with E-state index in [0.717, 1.165) is 32.4 Å². The third kappa shape index (κ3) is 4.04. The van der Waals surface area contributed by atoms with Gasteiger partial charge in [0.2, 0.25) is 0 Å². The van der Waals surface area contributed by atoms with E-state index in [1.54, 1.807) is 0 Å². The highest BCUT2D eigenvalue weighted by Gasteiger charge is 2.30. The van der Waals surface area contributed by atoms with Crippen molar-refractivity contribution in [3.05, 3.63) is 0 Å². The van der Waals surface area contributed by atoms with Crippen molar-refractivity contribution < 1.29 is 9.84 Å². The van der Waals surface area contributed by atoms with Crippen molar-refractivity contribution in [2.45, 2.75) is 58.6 Å². The molecule has 0 aromatic rings. The van der Waals surface area contributed by atoms with Crippen LogP contribution in [-0.2, 0) is 4.74 Å². The third-order valence-electron chi connectivity index (χ3n) is 3.75. The lowest BCUT2D eigenvalue weighted by Gasteiger charge is -2.37. The predicted molar refractivity (Wildman–Crippen MR) is 66.5 cm³/mol. The summed E-state index contributed by atoms with van der Waals surface area (Å²) >= 11 is 0. The fourth-order valence-electron chi connectivity index (χ4n) is 2.09. The molecule has 1 aliphatic rings. The van der Waals surface area contributed by atoms with Crippen molar-refractivity contribution in [3.63, 3.8) is 0 Å². The zero-order valence-corrected chi connectivity index (χ0v) is 11.2. The molecule has 0 amide bonds. The Bertz CT molecular complexity index is 212. The van der Waals surface area contributed by atoms with Gasteiger partial charge in [-0.05, 0) is 33.1 Å². The van der Waals surface area contributed by atoms with Crippen LogP contribution in [0.4, 0.5) is 0 Å². The zero-order valence-electron chi connectivity index (χ0n) is 11.2. The van der Waals surface area contributed by atoms with Crippen molar-refractivity contribution in [2.24, 2.45) is 5.41 Å². The number of ether oxygens (including phenoxy) is 1. The second-order valence-electron chi connectivity index (χ2n) is 6.00. The second-order valence-corrected chi connectivity index (χ2v) is 6.00. The van der Waals surface area contributed by atoms with Crippen LogP contribution in [0.15, 0.2) is 0 Å². The molecule has 1 fully saturated rings. The molecular formula is C13H27NO2. The lowest BCUT2D eigenvalue weighted by molar-refractivity contribution is -0.0642. The first-order valence-corrected chi connectivity index (χ1v) is 6.39. The Kier molecular flexibility index (Phi) is 4.77. The summed E-state index contributed by atoms with van der Waals surface area (Å²) in [5, 5.41) is 12.9. The fourth-order valence-corrected chi connectivity index (χ4v) is 2.09. The van der Waals surface area contributed by atoms with Crippen LogP contribution in [0, 0.1) is 5.41 Å². The Morgan fingerprint density at radius 2 is 2.19 bits per heavy atom. The van der Waals surface area contributed by atoms with Crippen molar-refractivity contribution in [1.29, 1.82) is 0 Å². The van der Waals surface area contributed by atoms with Gasteiger partial charge in [0.05, 0.1) is 5.60 Å². The van der Waals surface area contributed by atoms with Gasteiger partial charge in [-0.1, -0.05) is 13.8 Å². The highest BCUT2D eigenvalue weighted by molar-refractivity contribution is 4.85. The molecule has 0 spiro atoms. The van der Waals surface area contributed by atoms with Crippen LogP contribution in [0.2, 0.25) is 0 Å². The highest BCUT2D eigenvalue weighted by atomic mass is 16.5. The first kappa shape index (κ1) is 13.9. The van der Waals surface area contributed by atoms with Gasteiger partial charge in [-0.15, -0.1) is 0 Å². The summed E-state index contributed by atoms with van der Waals surface area (Å²) in [7, 11) is 0. The molecule has 2 atom stereocenters. The molecule has 1 rings (SSSR count). The number of hydrogen-bond donors (Lipinski definition) is 2. The molecule has 2 N–H and O–H groups in total. The van der Waals surface area contributed by atoms with E-state index >= 15 is 0 Å². The maximum atomic E-state index is 9.35. The molecule has 1 aliphatic heterocycles. The Morgan fingerprint density at radius 1 is 1.50 bits per heavy atom. The second kappa shape index (κ2) is 5.48. The van der Waals surface area contributed by atoms with Crippen molar-refractivity contribution in [1.82, 2.24) is 5.32 Å². The van der Waals surface area contributed by atoms with E-state index < -0.39 is 0 Å². The monoisotopic (exact) mass is 229 g/mol. The van der Waals surface area contributed by atoms with Gasteiger partial charge in [0.1, 0.15) is 0 Å². The lowest BCUT2D eigenvalue weighted by Crippen LogP contribution is -2.47. The minimum Gasteiger partial charge on any atom is -0.396 e. The molecule has 0 aromatic carbocycles.